The summed E-state index contributed by atoms with van der Waals surface area (Å²) in [6, 6.07) is 12.8. The number of ketones is 1. The molecule has 0 bridgehead atoms. The highest BCUT2D eigenvalue weighted by atomic mass is 35.5. The maximum atomic E-state index is 13.3. The monoisotopic (exact) mass is 531 g/mol. The van der Waals surface area contributed by atoms with Crippen molar-refractivity contribution in [3.8, 4) is 11.5 Å². The van der Waals surface area contributed by atoms with E-state index in [2.05, 4.69) is 0 Å². The number of phenolic OH excluding ortho intramolecular Hbond substituents is 1. The first-order valence-electron chi connectivity index (χ1n) is 10.6. The summed E-state index contributed by atoms with van der Waals surface area (Å²) in [6.07, 6.45) is 0. The van der Waals surface area contributed by atoms with Gasteiger partial charge in [-0.05, 0) is 73.5 Å². The zero-order valence-corrected chi connectivity index (χ0v) is 20.9. The number of hydrogen-bond acceptors (Lipinski definition) is 5. The maximum Gasteiger partial charge on any atom is 0.300 e. The summed E-state index contributed by atoms with van der Waals surface area (Å²) < 4.78 is 5.51. The standard InChI is InChI=1S/C26H20Cl3NO5/c1-3-35-21-12-14(5-9-20(21)31)23-22(24(32)15-4-7-17(28)18(29)11-15)25(33)26(34)30(23)19-8-6-16(27)10-13(19)2/h4-12,23,31-32H,3H2,1-2H3/b24-22+. The molecule has 1 fully saturated rings. The van der Waals surface area contributed by atoms with Gasteiger partial charge in [0.25, 0.3) is 11.7 Å². The number of aliphatic hydroxyl groups is 1. The zero-order chi connectivity index (χ0) is 25.4. The number of halogens is 3. The molecule has 0 spiro atoms. The van der Waals surface area contributed by atoms with Crippen molar-refractivity contribution in [2.24, 2.45) is 0 Å². The quantitative estimate of drug-likeness (QED) is 0.217. The molecule has 4 rings (SSSR count). The summed E-state index contributed by atoms with van der Waals surface area (Å²) in [7, 11) is 0. The number of rotatable bonds is 5. The van der Waals surface area contributed by atoms with Gasteiger partial charge in [-0.2, -0.15) is 0 Å². The van der Waals surface area contributed by atoms with Crippen LogP contribution in [0.15, 0.2) is 60.2 Å². The summed E-state index contributed by atoms with van der Waals surface area (Å²) in [4.78, 5) is 28.0. The average molecular weight is 533 g/mol. The summed E-state index contributed by atoms with van der Waals surface area (Å²) in [5, 5.41) is 22.4. The number of carbonyl (C=O) groups is 2. The molecule has 2 N–H and O–H groups in total. The van der Waals surface area contributed by atoms with Crippen LogP contribution in [-0.4, -0.2) is 28.5 Å². The number of benzene rings is 3. The van der Waals surface area contributed by atoms with E-state index in [1.165, 1.54) is 35.2 Å². The number of aromatic hydroxyl groups is 1. The van der Waals surface area contributed by atoms with Crippen LogP contribution in [0.4, 0.5) is 5.69 Å². The van der Waals surface area contributed by atoms with Gasteiger partial charge < -0.3 is 14.9 Å². The van der Waals surface area contributed by atoms with E-state index < -0.39 is 23.5 Å². The molecule has 1 aliphatic rings. The minimum Gasteiger partial charge on any atom is -0.507 e. The molecule has 0 saturated carbocycles. The Kier molecular flexibility index (Phi) is 6.99. The largest absolute Gasteiger partial charge is 0.507 e. The van der Waals surface area contributed by atoms with E-state index >= 15 is 0 Å². The lowest BCUT2D eigenvalue weighted by atomic mass is 9.94. The van der Waals surface area contributed by atoms with Crippen molar-refractivity contribution in [3.63, 3.8) is 0 Å². The Bertz CT molecular complexity index is 1390. The molecule has 0 aromatic heterocycles. The fourth-order valence-corrected chi connectivity index (χ4v) is 4.58. The zero-order valence-electron chi connectivity index (χ0n) is 18.7. The number of ether oxygens (including phenoxy) is 1. The van der Waals surface area contributed by atoms with E-state index in [9.17, 15) is 19.8 Å². The van der Waals surface area contributed by atoms with Crippen molar-refractivity contribution >= 4 is 57.9 Å². The molecular weight excluding hydrogens is 513 g/mol. The molecule has 180 valence electrons. The fraction of sp³-hybridized carbons (Fsp3) is 0.154. The highest BCUT2D eigenvalue weighted by Crippen LogP contribution is 2.45. The minimum atomic E-state index is -1.02. The lowest BCUT2D eigenvalue weighted by molar-refractivity contribution is -0.132. The molecule has 1 heterocycles. The fourth-order valence-electron chi connectivity index (χ4n) is 4.06. The number of carbonyl (C=O) groups excluding carboxylic acids is 2. The van der Waals surface area contributed by atoms with Gasteiger partial charge in [-0.1, -0.05) is 40.9 Å². The number of hydrogen-bond donors (Lipinski definition) is 2. The van der Waals surface area contributed by atoms with E-state index in [-0.39, 0.29) is 39.3 Å². The van der Waals surface area contributed by atoms with Crippen LogP contribution in [0.2, 0.25) is 15.1 Å². The number of nitrogens with zero attached hydrogens (tertiary/aromatic N) is 1. The number of Topliss-reactive ketones (excluding diaryl/α,β-unsaturated/α-hetero) is 1. The molecule has 1 atom stereocenters. The van der Waals surface area contributed by atoms with Gasteiger partial charge in [0, 0.05) is 16.3 Å². The number of aryl methyl sites for hydroxylation is 1. The van der Waals surface area contributed by atoms with Crippen LogP contribution in [0.5, 0.6) is 11.5 Å². The predicted molar refractivity (Wildman–Crippen MR) is 137 cm³/mol. The van der Waals surface area contributed by atoms with E-state index in [1.807, 2.05) is 0 Å². The van der Waals surface area contributed by atoms with Gasteiger partial charge in [0.15, 0.2) is 11.5 Å². The first-order valence-corrected chi connectivity index (χ1v) is 11.8. The normalized spacial score (nSPS) is 17.2. The van der Waals surface area contributed by atoms with Crippen molar-refractivity contribution in [2.75, 3.05) is 11.5 Å². The Labute approximate surface area is 216 Å². The van der Waals surface area contributed by atoms with Gasteiger partial charge in [-0.15, -0.1) is 0 Å². The van der Waals surface area contributed by atoms with Crippen LogP contribution in [0.1, 0.15) is 29.7 Å². The highest BCUT2D eigenvalue weighted by molar-refractivity contribution is 6.52. The predicted octanol–water partition coefficient (Wildman–Crippen LogP) is 6.69. The summed E-state index contributed by atoms with van der Waals surface area (Å²) >= 11 is 18.3. The third-order valence-electron chi connectivity index (χ3n) is 5.66. The molecule has 9 heteroatoms. The van der Waals surface area contributed by atoms with Gasteiger partial charge in [0.1, 0.15) is 5.76 Å². The van der Waals surface area contributed by atoms with Crippen LogP contribution >= 0.6 is 34.8 Å². The molecule has 1 aliphatic heterocycles. The number of anilines is 1. The van der Waals surface area contributed by atoms with Gasteiger partial charge >= 0.3 is 0 Å². The maximum absolute atomic E-state index is 13.3. The molecule has 1 saturated heterocycles. The summed E-state index contributed by atoms with van der Waals surface area (Å²) in [5.41, 5.74) is 1.62. The van der Waals surface area contributed by atoms with E-state index in [4.69, 9.17) is 39.5 Å². The molecule has 1 amide bonds. The van der Waals surface area contributed by atoms with Crippen LogP contribution in [0.3, 0.4) is 0 Å². The molecule has 0 aliphatic carbocycles. The smallest absolute Gasteiger partial charge is 0.300 e. The molecule has 3 aromatic rings. The van der Waals surface area contributed by atoms with Gasteiger partial charge in [0.2, 0.25) is 0 Å². The number of amides is 1. The van der Waals surface area contributed by atoms with Crippen molar-refractivity contribution in [1.29, 1.82) is 0 Å². The van der Waals surface area contributed by atoms with Crippen LogP contribution in [-0.2, 0) is 9.59 Å². The average Bonchev–Trinajstić information content (AvgIpc) is 3.07. The van der Waals surface area contributed by atoms with Crippen molar-refractivity contribution in [2.45, 2.75) is 19.9 Å². The Balaban J connectivity index is 1.99. The molecule has 6 nitrogen and oxygen atoms in total. The van der Waals surface area contributed by atoms with Crippen LogP contribution < -0.4 is 9.64 Å². The van der Waals surface area contributed by atoms with Gasteiger partial charge in [-0.3, -0.25) is 14.5 Å². The Morgan fingerprint density at radius 3 is 2.40 bits per heavy atom. The summed E-state index contributed by atoms with van der Waals surface area (Å²) in [5.74, 6) is -2.03. The molecular formula is C26H20Cl3NO5. The lowest BCUT2D eigenvalue weighted by Crippen LogP contribution is -2.30. The van der Waals surface area contributed by atoms with Gasteiger partial charge in [-0.25, -0.2) is 0 Å². The SMILES string of the molecule is CCOc1cc(C2/C(=C(\O)c3ccc(Cl)c(Cl)c3)C(=O)C(=O)N2c2ccc(Cl)cc2C)ccc1O. The second-order valence-corrected chi connectivity index (χ2v) is 9.14. The second kappa shape index (κ2) is 9.82. The molecule has 0 radical (unpaired) electrons. The first-order chi connectivity index (χ1) is 16.6. The minimum absolute atomic E-state index is 0.0975. The van der Waals surface area contributed by atoms with Crippen molar-refractivity contribution in [1.82, 2.24) is 0 Å². The first kappa shape index (κ1) is 24.9. The molecule has 1 unspecified atom stereocenters. The third kappa shape index (κ3) is 4.57. The lowest BCUT2D eigenvalue weighted by Gasteiger charge is -2.27. The van der Waals surface area contributed by atoms with Crippen LogP contribution in [0.25, 0.3) is 5.76 Å². The topological polar surface area (TPSA) is 87.1 Å². The highest BCUT2D eigenvalue weighted by Gasteiger charge is 2.47. The van der Waals surface area contributed by atoms with E-state index in [0.29, 0.717) is 21.8 Å². The third-order valence-corrected chi connectivity index (χ3v) is 6.63. The van der Waals surface area contributed by atoms with E-state index in [0.717, 1.165) is 0 Å². The Hall–Kier alpha value is -3.19. The number of phenols is 1. The number of aliphatic hydroxyl groups excluding tert-OH is 1. The van der Waals surface area contributed by atoms with Crippen molar-refractivity contribution < 1.29 is 24.5 Å². The Morgan fingerprint density at radius 2 is 1.74 bits per heavy atom. The molecule has 3 aromatic carbocycles. The second-order valence-electron chi connectivity index (χ2n) is 7.89. The van der Waals surface area contributed by atoms with Crippen LogP contribution in [0, 0.1) is 6.92 Å². The van der Waals surface area contributed by atoms with Crippen molar-refractivity contribution in [3.05, 3.63) is 91.9 Å². The Morgan fingerprint density at radius 1 is 1.00 bits per heavy atom. The molecule has 35 heavy (non-hydrogen) atoms. The van der Waals surface area contributed by atoms with Gasteiger partial charge in [0.05, 0.1) is 28.3 Å². The summed E-state index contributed by atoms with van der Waals surface area (Å²) in [6.45, 7) is 3.81. The van der Waals surface area contributed by atoms with E-state index in [1.54, 1.807) is 38.1 Å².